The molecule has 0 amide bonds. The molecule has 2 rings (SSSR count). The van der Waals surface area contributed by atoms with Gasteiger partial charge in [0.15, 0.2) is 0 Å². The Bertz CT molecular complexity index is 409. The molecule has 16 heavy (non-hydrogen) atoms. The van der Waals surface area contributed by atoms with Crippen LogP contribution >= 0.6 is 0 Å². The summed E-state index contributed by atoms with van der Waals surface area (Å²) in [7, 11) is 0. The molecule has 80 valence electrons. The Morgan fingerprint density at radius 2 is 1.31 bits per heavy atom. The van der Waals surface area contributed by atoms with Crippen LogP contribution in [0.25, 0.3) is 0 Å². The van der Waals surface area contributed by atoms with Crippen LogP contribution in [-0.2, 0) is 0 Å². The second-order valence-electron chi connectivity index (χ2n) is 3.56. The average molecular weight is 210 g/mol. The maximum Gasteiger partial charge on any atom is 0.0271 e. The zero-order valence-corrected chi connectivity index (χ0v) is 9.25. The molecule has 2 nitrogen and oxygen atoms in total. The average Bonchev–Trinajstić information content (AvgIpc) is 2.38. The summed E-state index contributed by atoms with van der Waals surface area (Å²) in [5.74, 6) is 0.288. The molecule has 2 aromatic heterocycles. The molecule has 0 bridgehead atoms. The summed E-state index contributed by atoms with van der Waals surface area (Å²) in [4.78, 5) is 8.09. The lowest BCUT2D eigenvalue weighted by Gasteiger charge is -2.12. The highest BCUT2D eigenvalue weighted by atomic mass is 14.6. The molecule has 2 aromatic rings. The summed E-state index contributed by atoms with van der Waals surface area (Å²) in [6.45, 7) is 2.04. The predicted octanol–water partition coefficient (Wildman–Crippen LogP) is 3.18. The first-order chi connectivity index (χ1) is 7.92. The summed E-state index contributed by atoms with van der Waals surface area (Å²) >= 11 is 0. The van der Waals surface area contributed by atoms with E-state index < -0.39 is 0 Å². The minimum atomic E-state index is 0.288. The smallest absolute Gasteiger partial charge is 0.0271 e. The topological polar surface area (TPSA) is 25.8 Å². The molecular formula is C14H14N2. The molecular weight excluding hydrogens is 196 g/mol. The Kier molecular flexibility index (Phi) is 3.44. The number of allylic oxidation sites excluding steroid dienone is 2. The number of rotatable bonds is 3. The fraction of sp³-hybridized carbons (Fsp3) is 0.143. The Morgan fingerprint density at radius 1 is 0.875 bits per heavy atom. The van der Waals surface area contributed by atoms with Gasteiger partial charge in [-0.2, -0.15) is 0 Å². The minimum absolute atomic E-state index is 0.288. The largest absolute Gasteiger partial charge is 0.265 e. The molecule has 0 spiro atoms. The maximum absolute atomic E-state index is 4.05. The van der Waals surface area contributed by atoms with Gasteiger partial charge >= 0.3 is 0 Å². The van der Waals surface area contributed by atoms with Crippen LogP contribution in [0, 0.1) is 0 Å². The lowest BCUT2D eigenvalue weighted by atomic mass is 9.92. The van der Waals surface area contributed by atoms with Gasteiger partial charge in [-0.1, -0.05) is 12.2 Å². The normalized spacial score (nSPS) is 11.1. The van der Waals surface area contributed by atoms with E-state index in [1.807, 2.05) is 56.0 Å². The lowest BCUT2D eigenvalue weighted by Crippen LogP contribution is -1.97. The van der Waals surface area contributed by atoms with Crippen molar-refractivity contribution in [1.82, 2.24) is 9.97 Å². The number of nitrogens with zero attached hydrogens (tertiary/aromatic N) is 2. The van der Waals surface area contributed by atoms with Crippen LogP contribution in [0.4, 0.5) is 0 Å². The van der Waals surface area contributed by atoms with Crippen molar-refractivity contribution in [1.29, 1.82) is 0 Å². The zero-order chi connectivity index (χ0) is 11.2. The van der Waals surface area contributed by atoms with Crippen LogP contribution in [-0.4, -0.2) is 9.97 Å². The quantitative estimate of drug-likeness (QED) is 0.727. The molecule has 0 atom stereocenters. The summed E-state index contributed by atoms with van der Waals surface area (Å²) in [6, 6.07) is 8.19. The van der Waals surface area contributed by atoms with Crippen molar-refractivity contribution in [3.63, 3.8) is 0 Å². The van der Waals surface area contributed by atoms with Crippen LogP contribution in [0.2, 0.25) is 0 Å². The standard InChI is InChI=1S/C14H14N2/c1-2-3-14(12-4-8-15-9-5-12)13-6-10-16-11-7-13/h2-11,14H,1H3. The van der Waals surface area contributed by atoms with E-state index in [1.165, 1.54) is 11.1 Å². The van der Waals surface area contributed by atoms with E-state index in [-0.39, 0.29) is 5.92 Å². The van der Waals surface area contributed by atoms with Crippen LogP contribution in [0.5, 0.6) is 0 Å². The lowest BCUT2D eigenvalue weighted by molar-refractivity contribution is 1.00. The minimum Gasteiger partial charge on any atom is -0.265 e. The van der Waals surface area contributed by atoms with Crippen molar-refractivity contribution in [3.8, 4) is 0 Å². The van der Waals surface area contributed by atoms with Gasteiger partial charge < -0.3 is 0 Å². The first-order valence-electron chi connectivity index (χ1n) is 5.34. The van der Waals surface area contributed by atoms with Gasteiger partial charge in [-0.3, -0.25) is 9.97 Å². The van der Waals surface area contributed by atoms with Crippen molar-refractivity contribution in [3.05, 3.63) is 72.3 Å². The van der Waals surface area contributed by atoms with Crippen molar-refractivity contribution in [2.24, 2.45) is 0 Å². The van der Waals surface area contributed by atoms with Gasteiger partial charge in [0.1, 0.15) is 0 Å². The molecule has 0 unspecified atom stereocenters. The molecule has 0 radical (unpaired) electrons. The van der Waals surface area contributed by atoms with Crippen LogP contribution in [0.1, 0.15) is 24.0 Å². The number of hydrogen-bond acceptors (Lipinski definition) is 2. The second-order valence-corrected chi connectivity index (χ2v) is 3.56. The SMILES string of the molecule is CC=CC(c1ccncc1)c1ccncc1. The summed E-state index contributed by atoms with van der Waals surface area (Å²) in [6.07, 6.45) is 11.6. The maximum atomic E-state index is 4.05. The highest BCUT2D eigenvalue weighted by Gasteiger charge is 2.09. The highest BCUT2D eigenvalue weighted by Crippen LogP contribution is 2.24. The van der Waals surface area contributed by atoms with Crippen LogP contribution in [0.3, 0.4) is 0 Å². The first kappa shape index (κ1) is 10.6. The van der Waals surface area contributed by atoms with Gasteiger partial charge in [0, 0.05) is 30.7 Å². The van der Waals surface area contributed by atoms with Crippen molar-refractivity contribution in [2.45, 2.75) is 12.8 Å². The van der Waals surface area contributed by atoms with Gasteiger partial charge in [0.05, 0.1) is 0 Å². The summed E-state index contributed by atoms with van der Waals surface area (Å²) in [5, 5.41) is 0. The van der Waals surface area contributed by atoms with Gasteiger partial charge in [-0.25, -0.2) is 0 Å². The number of aromatic nitrogens is 2. The fourth-order valence-corrected chi connectivity index (χ4v) is 1.75. The first-order valence-corrected chi connectivity index (χ1v) is 5.34. The van der Waals surface area contributed by atoms with Gasteiger partial charge in [0.25, 0.3) is 0 Å². The van der Waals surface area contributed by atoms with E-state index in [9.17, 15) is 0 Å². The molecule has 0 aliphatic rings. The van der Waals surface area contributed by atoms with Crippen molar-refractivity contribution < 1.29 is 0 Å². The van der Waals surface area contributed by atoms with E-state index in [0.717, 1.165) is 0 Å². The van der Waals surface area contributed by atoms with Crippen LogP contribution in [0.15, 0.2) is 61.2 Å². The zero-order valence-electron chi connectivity index (χ0n) is 9.25. The second kappa shape index (κ2) is 5.21. The molecule has 0 saturated carbocycles. The van der Waals surface area contributed by atoms with Gasteiger partial charge in [-0.05, 0) is 42.3 Å². The summed E-state index contributed by atoms with van der Waals surface area (Å²) < 4.78 is 0. The molecule has 0 aromatic carbocycles. The molecule has 0 aliphatic carbocycles. The van der Waals surface area contributed by atoms with Gasteiger partial charge in [0.2, 0.25) is 0 Å². The van der Waals surface area contributed by atoms with E-state index in [4.69, 9.17) is 0 Å². The third kappa shape index (κ3) is 2.34. The molecule has 0 N–H and O–H groups in total. The Morgan fingerprint density at radius 3 is 1.69 bits per heavy atom. The molecule has 2 heteroatoms. The van der Waals surface area contributed by atoms with Gasteiger partial charge in [-0.15, -0.1) is 0 Å². The Hall–Kier alpha value is -1.96. The number of pyridine rings is 2. The molecule has 0 aliphatic heterocycles. The van der Waals surface area contributed by atoms with E-state index in [2.05, 4.69) is 22.1 Å². The van der Waals surface area contributed by atoms with Crippen LogP contribution < -0.4 is 0 Å². The van der Waals surface area contributed by atoms with E-state index in [1.54, 1.807) is 0 Å². The predicted molar refractivity (Wildman–Crippen MR) is 65.1 cm³/mol. The highest BCUT2D eigenvalue weighted by molar-refractivity contribution is 5.34. The molecule has 0 saturated heterocycles. The third-order valence-electron chi connectivity index (χ3n) is 2.52. The monoisotopic (exact) mass is 210 g/mol. The molecule has 2 heterocycles. The summed E-state index contributed by atoms with van der Waals surface area (Å²) in [5.41, 5.74) is 2.50. The van der Waals surface area contributed by atoms with E-state index in [0.29, 0.717) is 0 Å². The number of hydrogen-bond donors (Lipinski definition) is 0. The Balaban J connectivity index is 2.39. The fourth-order valence-electron chi connectivity index (χ4n) is 1.75. The Labute approximate surface area is 95.7 Å². The van der Waals surface area contributed by atoms with Crippen molar-refractivity contribution >= 4 is 0 Å². The van der Waals surface area contributed by atoms with E-state index >= 15 is 0 Å². The van der Waals surface area contributed by atoms with Crippen molar-refractivity contribution in [2.75, 3.05) is 0 Å². The molecule has 0 fully saturated rings. The third-order valence-corrected chi connectivity index (χ3v) is 2.52.